The highest BCUT2D eigenvalue weighted by Gasteiger charge is 2.31. The molecule has 0 aliphatic carbocycles. The number of aryl methyl sites for hydroxylation is 3. The number of aliphatic imine (C=N–C) groups is 1. The number of rotatable bonds is 6. The third-order valence-electron chi connectivity index (χ3n) is 6.77. The van der Waals surface area contributed by atoms with Crippen molar-refractivity contribution in [2.24, 2.45) is 4.99 Å². The van der Waals surface area contributed by atoms with Crippen molar-refractivity contribution in [1.82, 2.24) is 20.1 Å². The minimum absolute atomic E-state index is 0.314. The first-order valence-corrected chi connectivity index (χ1v) is 14.9. The van der Waals surface area contributed by atoms with Crippen molar-refractivity contribution in [3.63, 3.8) is 0 Å². The largest absolute Gasteiger partial charge is 0.573 e. The zero-order valence-electron chi connectivity index (χ0n) is 24.6. The van der Waals surface area contributed by atoms with Crippen LogP contribution in [-0.4, -0.2) is 44.6 Å². The Morgan fingerprint density at radius 1 is 1.05 bits per heavy atom. The van der Waals surface area contributed by atoms with Gasteiger partial charge < -0.3 is 15.0 Å². The number of urea groups is 1. The Labute approximate surface area is 257 Å². The summed E-state index contributed by atoms with van der Waals surface area (Å²) in [5.41, 5.74) is 7.42. The standard InChI is InChI=1S/C32H31F3N6O2S/c1-20-16-21(2)28(22(3)17-20)40-14-5-15-44-31(40)38-30(42)37-23(4)18-24-6-8-25(9-7-24)29-36-19-41(39-29)26-10-12-27(13-11-26)43-32(33,34)35/h6-13,16-19H,5,14-15H2,1-4H3,(H,37,42)/b23-18+,38-31?. The number of allylic oxidation sites excluding steroid dienone is 1. The number of anilines is 1. The minimum atomic E-state index is -4.75. The molecular weight excluding hydrogens is 589 g/mol. The number of carbonyl (C=O) groups excluding carboxylic acids is 1. The maximum atomic E-state index is 12.9. The fourth-order valence-electron chi connectivity index (χ4n) is 5.08. The maximum Gasteiger partial charge on any atom is 0.573 e. The van der Waals surface area contributed by atoms with E-state index in [0.717, 1.165) is 46.7 Å². The lowest BCUT2D eigenvalue weighted by Gasteiger charge is -2.32. The fourth-order valence-corrected chi connectivity index (χ4v) is 6.02. The Bertz CT molecular complexity index is 1690. The van der Waals surface area contributed by atoms with Crippen LogP contribution >= 0.6 is 11.8 Å². The number of nitrogens with zero attached hydrogens (tertiary/aromatic N) is 5. The van der Waals surface area contributed by atoms with Crippen LogP contribution in [0.15, 0.2) is 77.7 Å². The van der Waals surface area contributed by atoms with Crippen LogP contribution in [0.2, 0.25) is 0 Å². The van der Waals surface area contributed by atoms with Gasteiger partial charge in [0.05, 0.1) is 5.69 Å². The normalized spacial score (nSPS) is 15.0. The molecule has 1 fully saturated rings. The Kier molecular flexibility index (Phi) is 9.09. The molecule has 44 heavy (non-hydrogen) atoms. The van der Waals surface area contributed by atoms with E-state index in [4.69, 9.17) is 0 Å². The molecule has 0 radical (unpaired) electrons. The fraction of sp³-hybridized carbons (Fsp3) is 0.250. The molecule has 0 saturated carbocycles. The molecule has 228 valence electrons. The van der Waals surface area contributed by atoms with Crippen molar-refractivity contribution in [3.8, 4) is 22.8 Å². The smallest absolute Gasteiger partial charge is 0.406 e. The van der Waals surface area contributed by atoms with Crippen LogP contribution in [0.1, 0.15) is 35.6 Å². The first-order valence-electron chi connectivity index (χ1n) is 13.9. The molecule has 0 spiro atoms. The number of hydrogen-bond donors (Lipinski definition) is 1. The predicted molar refractivity (Wildman–Crippen MR) is 168 cm³/mol. The van der Waals surface area contributed by atoms with E-state index >= 15 is 0 Å². The van der Waals surface area contributed by atoms with E-state index in [1.54, 1.807) is 18.7 Å². The van der Waals surface area contributed by atoms with Gasteiger partial charge in [-0.25, -0.2) is 14.5 Å². The number of alkyl halides is 3. The lowest BCUT2D eigenvalue weighted by atomic mass is 10.0. The van der Waals surface area contributed by atoms with Gasteiger partial charge in [-0.05, 0) is 81.1 Å². The van der Waals surface area contributed by atoms with Gasteiger partial charge in [0, 0.05) is 29.2 Å². The summed E-state index contributed by atoms with van der Waals surface area (Å²) in [4.78, 5) is 23.8. The minimum Gasteiger partial charge on any atom is -0.406 e. The Morgan fingerprint density at radius 2 is 1.73 bits per heavy atom. The molecule has 5 rings (SSSR count). The topological polar surface area (TPSA) is 84.6 Å². The number of amides is 2. The summed E-state index contributed by atoms with van der Waals surface area (Å²) in [5.74, 6) is 1.04. The van der Waals surface area contributed by atoms with Crippen LogP contribution < -0.4 is 15.0 Å². The van der Waals surface area contributed by atoms with Crippen LogP contribution in [0.3, 0.4) is 0 Å². The average Bonchev–Trinajstić information content (AvgIpc) is 3.44. The molecule has 2 heterocycles. The lowest BCUT2D eigenvalue weighted by molar-refractivity contribution is -0.274. The molecule has 1 aliphatic rings. The quantitative estimate of drug-likeness (QED) is 0.237. The highest BCUT2D eigenvalue weighted by Crippen LogP contribution is 2.32. The second-order valence-electron chi connectivity index (χ2n) is 10.4. The van der Waals surface area contributed by atoms with Gasteiger partial charge in [0.2, 0.25) is 0 Å². The molecule has 0 unspecified atom stereocenters. The second kappa shape index (κ2) is 13.0. The summed E-state index contributed by atoms with van der Waals surface area (Å²) in [6.45, 7) is 8.87. The highest BCUT2D eigenvalue weighted by molar-refractivity contribution is 8.14. The van der Waals surface area contributed by atoms with Gasteiger partial charge >= 0.3 is 12.4 Å². The summed E-state index contributed by atoms with van der Waals surface area (Å²) in [7, 11) is 0. The zero-order valence-corrected chi connectivity index (χ0v) is 25.5. The predicted octanol–water partition coefficient (Wildman–Crippen LogP) is 7.83. The lowest BCUT2D eigenvalue weighted by Crippen LogP contribution is -2.36. The number of carbonyl (C=O) groups is 1. The monoisotopic (exact) mass is 620 g/mol. The van der Waals surface area contributed by atoms with Crippen LogP contribution in [0.25, 0.3) is 23.2 Å². The van der Waals surface area contributed by atoms with Crippen molar-refractivity contribution in [1.29, 1.82) is 0 Å². The van der Waals surface area contributed by atoms with Gasteiger partial charge in [-0.2, -0.15) is 4.99 Å². The Balaban J connectivity index is 1.24. The SMILES string of the molecule is C/C(=C\c1ccc(-c2ncn(-c3ccc(OC(F)(F)F)cc3)n2)cc1)NC(=O)N=C1SCCCN1c1c(C)cc(C)cc1C. The van der Waals surface area contributed by atoms with Gasteiger partial charge in [-0.3, -0.25) is 0 Å². The average molecular weight is 621 g/mol. The molecule has 8 nitrogen and oxygen atoms in total. The number of benzene rings is 3. The third kappa shape index (κ3) is 7.67. The molecule has 0 bridgehead atoms. The summed E-state index contributed by atoms with van der Waals surface area (Å²) in [6, 6.07) is 16.7. The Morgan fingerprint density at radius 3 is 2.39 bits per heavy atom. The van der Waals surface area contributed by atoms with Gasteiger partial charge in [0.1, 0.15) is 12.1 Å². The van der Waals surface area contributed by atoms with E-state index in [9.17, 15) is 18.0 Å². The number of halogens is 3. The van der Waals surface area contributed by atoms with E-state index in [-0.39, 0.29) is 5.75 Å². The van der Waals surface area contributed by atoms with Gasteiger partial charge in [0.15, 0.2) is 11.0 Å². The first-order chi connectivity index (χ1) is 20.9. The molecule has 0 atom stereocenters. The van der Waals surface area contributed by atoms with Crippen molar-refractivity contribution in [2.75, 3.05) is 17.2 Å². The molecule has 1 aromatic heterocycles. The Hall–Kier alpha value is -4.58. The van der Waals surface area contributed by atoms with E-state index in [0.29, 0.717) is 22.4 Å². The number of thioether (sulfide) groups is 1. The van der Waals surface area contributed by atoms with E-state index in [1.165, 1.54) is 40.8 Å². The number of amidine groups is 1. The molecule has 4 aromatic rings. The van der Waals surface area contributed by atoms with Crippen molar-refractivity contribution >= 4 is 34.7 Å². The van der Waals surface area contributed by atoms with E-state index in [2.05, 4.69) is 62.9 Å². The highest BCUT2D eigenvalue weighted by atomic mass is 32.2. The van der Waals surface area contributed by atoms with Crippen molar-refractivity contribution < 1.29 is 22.7 Å². The number of ether oxygens (including phenoxy) is 1. The van der Waals surface area contributed by atoms with E-state index in [1.807, 2.05) is 30.3 Å². The molecule has 1 aliphatic heterocycles. The summed E-state index contributed by atoms with van der Waals surface area (Å²) >= 11 is 1.58. The number of nitrogens with one attached hydrogen (secondary N) is 1. The third-order valence-corrected chi connectivity index (χ3v) is 7.84. The molecule has 1 saturated heterocycles. The molecule has 1 N–H and O–H groups in total. The van der Waals surface area contributed by atoms with Crippen molar-refractivity contribution in [3.05, 3.63) is 94.9 Å². The number of hydrogen-bond acceptors (Lipinski definition) is 5. The van der Waals surface area contributed by atoms with Gasteiger partial charge in [0.25, 0.3) is 0 Å². The van der Waals surface area contributed by atoms with E-state index < -0.39 is 12.4 Å². The summed E-state index contributed by atoms with van der Waals surface area (Å²) in [5, 5.41) is 7.99. The summed E-state index contributed by atoms with van der Waals surface area (Å²) < 4.78 is 42.6. The maximum absolute atomic E-state index is 12.9. The molecule has 2 amide bonds. The molecule has 12 heteroatoms. The van der Waals surface area contributed by atoms with Gasteiger partial charge in [-0.1, -0.05) is 53.7 Å². The molecular formula is C32H31F3N6O2S. The second-order valence-corrected chi connectivity index (χ2v) is 11.5. The number of aromatic nitrogens is 3. The van der Waals surface area contributed by atoms with Crippen LogP contribution in [0.4, 0.5) is 23.7 Å². The van der Waals surface area contributed by atoms with Crippen LogP contribution in [-0.2, 0) is 0 Å². The first kappa shape index (κ1) is 30.9. The van der Waals surface area contributed by atoms with Crippen LogP contribution in [0, 0.1) is 20.8 Å². The molecule has 3 aromatic carbocycles. The van der Waals surface area contributed by atoms with Crippen molar-refractivity contribution in [2.45, 2.75) is 40.5 Å². The van der Waals surface area contributed by atoms with Crippen LogP contribution in [0.5, 0.6) is 5.75 Å². The zero-order chi connectivity index (χ0) is 31.4. The summed E-state index contributed by atoms with van der Waals surface area (Å²) in [6.07, 6.45) is -0.412. The van der Waals surface area contributed by atoms with Gasteiger partial charge in [-0.15, -0.1) is 18.3 Å².